The molecule has 2 fully saturated rings. The smallest absolute Gasteiger partial charge is 0.253 e. The Kier molecular flexibility index (Phi) is 6.19. The number of fused-ring (bicyclic) bond motifs is 1. The van der Waals surface area contributed by atoms with Crippen LogP contribution in [0.3, 0.4) is 0 Å². The summed E-state index contributed by atoms with van der Waals surface area (Å²) in [4.78, 5) is 25.9. The van der Waals surface area contributed by atoms with E-state index < -0.39 is 5.82 Å². The number of nitrogens with zero attached hydrogens (tertiary/aromatic N) is 9. The van der Waals surface area contributed by atoms with Crippen LogP contribution in [0.4, 0.5) is 4.39 Å². The Morgan fingerprint density at radius 3 is 2.89 bits per heavy atom. The maximum atomic E-state index is 13.9. The van der Waals surface area contributed by atoms with Crippen LogP contribution in [0.2, 0.25) is 0 Å². The maximum Gasteiger partial charge on any atom is 0.253 e. The number of halogens is 1. The first kappa shape index (κ1) is 22.9. The number of benzene rings is 1. The molecule has 0 spiro atoms. The molecule has 3 aromatic rings. The molecule has 11 nitrogen and oxygen atoms in total. The van der Waals surface area contributed by atoms with Crippen molar-refractivity contribution in [2.45, 2.75) is 32.4 Å². The van der Waals surface area contributed by atoms with Crippen LogP contribution in [0.1, 0.15) is 34.1 Å². The van der Waals surface area contributed by atoms with Crippen molar-refractivity contribution < 1.29 is 13.9 Å². The number of carbonyl (C=O) groups excluding carboxylic acids is 1. The molecule has 0 saturated carbocycles. The number of amides is 1. The average Bonchev–Trinajstić information content (AvgIpc) is 3.40. The van der Waals surface area contributed by atoms with E-state index in [4.69, 9.17) is 4.74 Å². The van der Waals surface area contributed by atoms with E-state index >= 15 is 0 Å². The number of hydrogen-bond donors (Lipinski definition) is 0. The van der Waals surface area contributed by atoms with Crippen molar-refractivity contribution in [3.05, 3.63) is 58.4 Å². The van der Waals surface area contributed by atoms with Crippen LogP contribution < -0.4 is 0 Å². The van der Waals surface area contributed by atoms with Crippen molar-refractivity contribution in [2.75, 3.05) is 32.8 Å². The van der Waals surface area contributed by atoms with E-state index in [1.54, 1.807) is 19.2 Å². The fourth-order valence-corrected chi connectivity index (χ4v) is 4.67. The summed E-state index contributed by atoms with van der Waals surface area (Å²) in [5, 5.41) is 20.2. The van der Waals surface area contributed by atoms with E-state index in [-0.39, 0.29) is 30.0 Å². The zero-order valence-electron chi connectivity index (χ0n) is 19.4. The molecule has 2 aromatic heterocycles. The Labute approximate surface area is 201 Å². The van der Waals surface area contributed by atoms with E-state index in [1.165, 1.54) is 17.1 Å². The van der Waals surface area contributed by atoms with Gasteiger partial charge in [0.05, 0.1) is 30.7 Å². The molecule has 0 bridgehead atoms. The molecule has 0 N–H and O–H groups in total. The second-order valence-electron chi connectivity index (χ2n) is 8.77. The van der Waals surface area contributed by atoms with Gasteiger partial charge in [0.25, 0.3) is 5.95 Å². The summed E-state index contributed by atoms with van der Waals surface area (Å²) in [6.07, 6.45) is 3.03. The number of tetrazole rings is 1. The molecule has 35 heavy (non-hydrogen) atoms. The largest absolute Gasteiger partial charge is 0.370 e. The lowest BCUT2D eigenvalue weighted by atomic mass is 9.96. The van der Waals surface area contributed by atoms with Crippen LogP contribution in [0.25, 0.3) is 5.95 Å². The lowest BCUT2D eigenvalue weighted by molar-refractivity contribution is -0.139. The zero-order valence-corrected chi connectivity index (χ0v) is 19.4. The number of aromatic nitrogens is 6. The number of nitriles is 1. The van der Waals surface area contributed by atoms with Crippen molar-refractivity contribution >= 4 is 5.91 Å². The Balaban J connectivity index is 1.21. The predicted octanol–water partition coefficient (Wildman–Crippen LogP) is 0.907. The van der Waals surface area contributed by atoms with Gasteiger partial charge in [-0.3, -0.25) is 9.69 Å². The van der Waals surface area contributed by atoms with E-state index in [9.17, 15) is 14.4 Å². The molecule has 2 aliphatic rings. The van der Waals surface area contributed by atoms with Gasteiger partial charge in [-0.05, 0) is 41.5 Å². The molecular formula is C23H24FN9O2. The molecule has 0 aliphatic carbocycles. The number of rotatable bonds is 4. The number of piperazine rings is 1. The van der Waals surface area contributed by atoms with Gasteiger partial charge in [-0.2, -0.15) is 9.94 Å². The molecule has 1 aromatic carbocycles. The predicted molar refractivity (Wildman–Crippen MR) is 120 cm³/mol. The number of morpholine rings is 1. The number of carbonyl (C=O) groups is 1. The molecule has 4 heterocycles. The first-order valence-corrected chi connectivity index (χ1v) is 11.3. The van der Waals surface area contributed by atoms with Crippen LogP contribution in [0.5, 0.6) is 0 Å². The monoisotopic (exact) mass is 477 g/mol. The van der Waals surface area contributed by atoms with Crippen LogP contribution >= 0.6 is 0 Å². The topological polar surface area (TPSA) is 126 Å². The molecule has 1 amide bonds. The highest BCUT2D eigenvalue weighted by atomic mass is 19.1. The third-order valence-corrected chi connectivity index (χ3v) is 6.73. The number of aryl methyl sites for hydroxylation is 1. The first-order valence-electron chi connectivity index (χ1n) is 11.3. The standard InChI is InChI=1S/C23H24FN9O2/c1-14-18(3-4-20(24)19(14)8-25)21-11-31-5-6-32(10-17(31)12-35-21)22(34)7-16-9-26-23(28-15(16)2)33-13-27-29-30-33/h3-4,9,13,17,21H,5-7,10-12H2,1-2H3. The Hall–Kier alpha value is -3.82. The molecule has 2 aliphatic heterocycles. The molecule has 5 rings (SSSR count). The van der Waals surface area contributed by atoms with Gasteiger partial charge in [0, 0.05) is 43.6 Å². The Morgan fingerprint density at radius 1 is 1.29 bits per heavy atom. The third-order valence-electron chi connectivity index (χ3n) is 6.73. The van der Waals surface area contributed by atoms with Crippen molar-refractivity contribution in [2.24, 2.45) is 0 Å². The average molecular weight is 478 g/mol. The molecule has 2 unspecified atom stereocenters. The van der Waals surface area contributed by atoms with E-state index in [1.807, 2.05) is 17.9 Å². The molecular weight excluding hydrogens is 453 g/mol. The summed E-state index contributed by atoms with van der Waals surface area (Å²) in [5.74, 6) is -0.147. The van der Waals surface area contributed by atoms with Gasteiger partial charge in [0.15, 0.2) is 0 Å². The molecule has 2 atom stereocenters. The van der Waals surface area contributed by atoms with Crippen molar-refractivity contribution in [1.29, 1.82) is 5.26 Å². The Bertz CT molecular complexity index is 1290. The highest BCUT2D eigenvalue weighted by molar-refractivity contribution is 5.79. The van der Waals surface area contributed by atoms with Crippen molar-refractivity contribution in [3.8, 4) is 12.0 Å². The first-order chi connectivity index (χ1) is 16.9. The number of hydrogen-bond acceptors (Lipinski definition) is 9. The van der Waals surface area contributed by atoms with Crippen LogP contribution in [0.15, 0.2) is 24.7 Å². The molecule has 180 valence electrons. The van der Waals surface area contributed by atoms with Gasteiger partial charge in [-0.1, -0.05) is 6.07 Å². The molecule has 12 heteroatoms. The Morgan fingerprint density at radius 2 is 2.14 bits per heavy atom. The lowest BCUT2D eigenvalue weighted by Gasteiger charge is -2.46. The number of ether oxygens (including phenoxy) is 1. The van der Waals surface area contributed by atoms with E-state index in [2.05, 4.69) is 30.4 Å². The normalized spacial score (nSPS) is 20.3. The minimum atomic E-state index is -0.514. The summed E-state index contributed by atoms with van der Waals surface area (Å²) in [6.45, 7) is 6.57. The zero-order chi connectivity index (χ0) is 24.5. The SMILES string of the molecule is Cc1nc(-n2cnnn2)ncc1CC(=O)N1CCN2CC(c3ccc(F)c(C#N)c3C)OCC2C1. The highest BCUT2D eigenvalue weighted by Crippen LogP contribution is 2.31. The quantitative estimate of drug-likeness (QED) is 0.539. The fraction of sp³-hybridized carbons (Fsp3) is 0.435. The van der Waals surface area contributed by atoms with Crippen LogP contribution in [-0.4, -0.2) is 84.7 Å². The summed E-state index contributed by atoms with van der Waals surface area (Å²) in [7, 11) is 0. The molecule has 0 radical (unpaired) electrons. The van der Waals surface area contributed by atoms with Gasteiger partial charge in [-0.15, -0.1) is 5.10 Å². The summed E-state index contributed by atoms with van der Waals surface area (Å²) in [5.41, 5.74) is 2.98. The van der Waals surface area contributed by atoms with Gasteiger partial charge in [-0.25, -0.2) is 14.4 Å². The fourth-order valence-electron chi connectivity index (χ4n) is 4.67. The lowest BCUT2D eigenvalue weighted by Crippen LogP contribution is -2.59. The third kappa shape index (κ3) is 4.48. The van der Waals surface area contributed by atoms with Gasteiger partial charge >= 0.3 is 0 Å². The van der Waals surface area contributed by atoms with Crippen molar-refractivity contribution in [3.63, 3.8) is 0 Å². The van der Waals surface area contributed by atoms with E-state index in [0.717, 1.165) is 17.7 Å². The second-order valence-corrected chi connectivity index (χ2v) is 8.77. The minimum Gasteiger partial charge on any atom is -0.370 e. The maximum absolute atomic E-state index is 13.9. The van der Waals surface area contributed by atoms with Gasteiger partial charge < -0.3 is 9.64 Å². The van der Waals surface area contributed by atoms with Crippen LogP contribution in [-0.2, 0) is 16.0 Å². The molecule has 2 saturated heterocycles. The van der Waals surface area contributed by atoms with Crippen molar-refractivity contribution in [1.82, 2.24) is 40.0 Å². The van der Waals surface area contributed by atoms with Gasteiger partial charge in [0.1, 0.15) is 18.2 Å². The van der Waals surface area contributed by atoms with Crippen LogP contribution in [0, 0.1) is 31.0 Å². The van der Waals surface area contributed by atoms with Gasteiger partial charge in [0.2, 0.25) is 5.91 Å². The summed E-state index contributed by atoms with van der Waals surface area (Å²) < 4.78 is 21.4. The second kappa shape index (κ2) is 9.44. The highest BCUT2D eigenvalue weighted by Gasteiger charge is 2.36. The van der Waals surface area contributed by atoms with E-state index in [0.29, 0.717) is 43.4 Å². The summed E-state index contributed by atoms with van der Waals surface area (Å²) >= 11 is 0. The summed E-state index contributed by atoms with van der Waals surface area (Å²) in [6, 6.07) is 5.05. The minimum absolute atomic E-state index is 0.0155.